The standard InChI is InChI=1S/C37H42F3N5O5/c1-18(2)29-30(19(3)13-14-41-29)45-31-21(15-23(39)27(28(31)40)26-22(38)11-10-12-25(26)49-9)32-33(35(45)47)42(8)34(46)24-17-43(20(4)16-44(24)32)36(48)50-37(5,6)7/h10-15,18,20,24,35,47H,16-17H2,1-9H3/t20-,24-,35?/m1/s1. The number of methoxy groups -OCH3 is 1. The summed E-state index contributed by atoms with van der Waals surface area (Å²) in [5.74, 6) is -3.81. The zero-order chi connectivity index (χ0) is 36.6. The molecule has 0 aliphatic carbocycles. The van der Waals surface area contributed by atoms with Gasteiger partial charge < -0.3 is 34.2 Å². The molecule has 0 spiro atoms. The molecule has 0 saturated carbocycles. The number of pyridine rings is 1. The van der Waals surface area contributed by atoms with Crippen molar-refractivity contribution in [3.63, 3.8) is 0 Å². The predicted octanol–water partition coefficient (Wildman–Crippen LogP) is 6.53. The summed E-state index contributed by atoms with van der Waals surface area (Å²) in [5, 5.41) is 12.4. The minimum absolute atomic E-state index is 0.0413. The normalized spacial score (nSPS) is 20.6. The molecule has 3 atom stereocenters. The average Bonchev–Trinajstić information content (AvgIpc) is 3.03. The lowest BCUT2D eigenvalue weighted by atomic mass is 9.88. The lowest BCUT2D eigenvalue weighted by molar-refractivity contribution is -0.137. The summed E-state index contributed by atoms with van der Waals surface area (Å²) in [6, 6.07) is 5.24. The number of aliphatic hydroxyl groups is 1. The zero-order valence-electron chi connectivity index (χ0n) is 29.6. The topological polar surface area (TPSA) is 98.7 Å². The molecule has 2 aromatic carbocycles. The van der Waals surface area contributed by atoms with Crippen LogP contribution in [0.5, 0.6) is 5.75 Å². The molecule has 3 aromatic rings. The molecule has 3 aliphatic rings. The van der Waals surface area contributed by atoms with E-state index in [0.717, 1.165) is 12.1 Å². The second kappa shape index (κ2) is 12.5. The van der Waals surface area contributed by atoms with Crippen molar-refractivity contribution < 1.29 is 37.3 Å². The Bertz CT molecular complexity index is 1930. The van der Waals surface area contributed by atoms with E-state index in [9.17, 15) is 14.7 Å². The molecule has 4 heterocycles. The Balaban J connectivity index is 1.64. The summed E-state index contributed by atoms with van der Waals surface area (Å²) in [7, 11) is 2.77. The highest BCUT2D eigenvalue weighted by Crippen LogP contribution is 2.52. The van der Waals surface area contributed by atoms with E-state index in [-0.39, 0.29) is 47.4 Å². The fourth-order valence-electron chi connectivity index (χ4n) is 7.20. The van der Waals surface area contributed by atoms with Crippen LogP contribution in [0.25, 0.3) is 16.8 Å². The number of halogens is 3. The molecule has 3 aliphatic heterocycles. The van der Waals surface area contributed by atoms with E-state index >= 15 is 13.2 Å². The van der Waals surface area contributed by atoms with Crippen LogP contribution >= 0.6 is 0 Å². The highest BCUT2D eigenvalue weighted by atomic mass is 19.1. The first-order valence-corrected chi connectivity index (χ1v) is 16.5. The number of aryl methyl sites for hydroxylation is 1. The van der Waals surface area contributed by atoms with Gasteiger partial charge in [0.2, 0.25) is 0 Å². The Morgan fingerprint density at radius 1 is 1.06 bits per heavy atom. The van der Waals surface area contributed by atoms with E-state index in [1.54, 1.807) is 51.8 Å². The van der Waals surface area contributed by atoms with Crippen molar-refractivity contribution in [1.82, 2.24) is 19.7 Å². The molecule has 0 bridgehead atoms. The number of likely N-dealkylation sites (N-methyl/N-ethyl adjacent to an activating group) is 1. The Labute approximate surface area is 289 Å². The van der Waals surface area contributed by atoms with Crippen LogP contribution in [0.1, 0.15) is 64.3 Å². The molecule has 0 radical (unpaired) electrons. The minimum atomic E-state index is -1.66. The number of nitrogens with zero attached hydrogens (tertiary/aromatic N) is 5. The second-order valence-corrected chi connectivity index (χ2v) is 14.3. The van der Waals surface area contributed by atoms with Gasteiger partial charge in [-0.2, -0.15) is 0 Å². The third-order valence-electron chi connectivity index (χ3n) is 9.44. The minimum Gasteiger partial charge on any atom is -0.496 e. The van der Waals surface area contributed by atoms with E-state index in [1.165, 1.54) is 41.0 Å². The predicted molar refractivity (Wildman–Crippen MR) is 182 cm³/mol. The maximum Gasteiger partial charge on any atom is 0.410 e. The summed E-state index contributed by atoms with van der Waals surface area (Å²) in [6.07, 6.45) is -0.648. The number of piperazine rings is 1. The molecule has 1 unspecified atom stereocenters. The third kappa shape index (κ3) is 5.51. The fourth-order valence-corrected chi connectivity index (χ4v) is 7.20. The van der Waals surface area contributed by atoms with Crippen LogP contribution in [0.15, 0.2) is 42.2 Å². The molecular weight excluding hydrogens is 651 g/mol. The number of aliphatic hydroxyl groups excluding tert-OH is 1. The number of rotatable bonds is 4. The van der Waals surface area contributed by atoms with Gasteiger partial charge in [0.15, 0.2) is 12.0 Å². The van der Waals surface area contributed by atoms with Crippen molar-refractivity contribution in [2.75, 3.05) is 32.1 Å². The third-order valence-corrected chi connectivity index (χ3v) is 9.44. The Kier molecular flexibility index (Phi) is 8.78. The first-order chi connectivity index (χ1) is 23.5. The molecule has 50 heavy (non-hydrogen) atoms. The highest BCUT2D eigenvalue weighted by Gasteiger charge is 2.52. The van der Waals surface area contributed by atoms with Crippen molar-refractivity contribution in [3.05, 3.63) is 76.5 Å². The van der Waals surface area contributed by atoms with E-state index < -0.39 is 64.5 Å². The van der Waals surface area contributed by atoms with Crippen LogP contribution in [-0.4, -0.2) is 88.0 Å². The molecule has 6 rings (SSSR count). The number of ether oxygens (including phenoxy) is 2. The van der Waals surface area contributed by atoms with Gasteiger partial charge in [0.25, 0.3) is 5.91 Å². The summed E-state index contributed by atoms with van der Waals surface area (Å²) >= 11 is 0. The average molecular weight is 694 g/mol. The van der Waals surface area contributed by atoms with Crippen LogP contribution in [0.2, 0.25) is 0 Å². The highest BCUT2D eigenvalue weighted by molar-refractivity contribution is 5.97. The summed E-state index contributed by atoms with van der Waals surface area (Å²) in [4.78, 5) is 37.7. The van der Waals surface area contributed by atoms with Crippen LogP contribution in [0.3, 0.4) is 0 Å². The Morgan fingerprint density at radius 2 is 1.76 bits per heavy atom. The number of hydrogen-bond donors (Lipinski definition) is 1. The molecule has 13 heteroatoms. The number of amides is 2. The van der Waals surface area contributed by atoms with Crippen LogP contribution in [0, 0.1) is 24.4 Å². The molecule has 2 amide bonds. The van der Waals surface area contributed by atoms with Gasteiger partial charge in [-0.15, -0.1) is 0 Å². The molecule has 1 saturated heterocycles. The zero-order valence-corrected chi connectivity index (χ0v) is 29.6. The van der Waals surface area contributed by atoms with Gasteiger partial charge in [0.05, 0.1) is 53.2 Å². The van der Waals surface area contributed by atoms with E-state index in [4.69, 9.17) is 9.47 Å². The van der Waals surface area contributed by atoms with E-state index in [0.29, 0.717) is 16.9 Å². The fraction of sp³-hybridized carbons (Fsp3) is 0.432. The number of carbonyl (C=O) groups excluding carboxylic acids is 2. The number of anilines is 2. The van der Waals surface area contributed by atoms with Crippen LogP contribution in [-0.2, 0) is 9.53 Å². The lowest BCUT2D eigenvalue weighted by Gasteiger charge is -2.54. The molecule has 266 valence electrons. The van der Waals surface area contributed by atoms with Crippen molar-refractivity contribution in [2.24, 2.45) is 0 Å². The molecule has 1 fully saturated rings. The summed E-state index contributed by atoms with van der Waals surface area (Å²) < 4.78 is 60.5. The Morgan fingerprint density at radius 3 is 2.40 bits per heavy atom. The quantitative estimate of drug-likeness (QED) is 0.330. The molecule has 1 aromatic heterocycles. The smallest absolute Gasteiger partial charge is 0.410 e. The molecule has 1 N–H and O–H groups in total. The first kappa shape index (κ1) is 35.1. The van der Waals surface area contributed by atoms with Gasteiger partial charge in [0, 0.05) is 31.4 Å². The number of benzene rings is 2. The first-order valence-electron chi connectivity index (χ1n) is 16.5. The second-order valence-electron chi connectivity index (χ2n) is 14.3. The number of hydrogen-bond acceptors (Lipinski definition) is 8. The summed E-state index contributed by atoms with van der Waals surface area (Å²) in [6.45, 7) is 12.6. The SMILES string of the molecule is COc1cccc(F)c1-c1c(F)cc2c(c1F)N(c1c(C)ccnc1C(C)C)C(O)C1=C2N2C[C@@H](C)N(C(=O)OC(C)(C)C)C[C@@H]2C(=O)N1C. The van der Waals surface area contributed by atoms with Gasteiger partial charge >= 0.3 is 6.09 Å². The van der Waals surface area contributed by atoms with Gasteiger partial charge in [-0.1, -0.05) is 19.9 Å². The van der Waals surface area contributed by atoms with Gasteiger partial charge in [0.1, 0.15) is 29.0 Å². The Hall–Kier alpha value is -4.78. The van der Waals surface area contributed by atoms with Crippen molar-refractivity contribution >= 4 is 29.1 Å². The largest absolute Gasteiger partial charge is 0.496 e. The molecular formula is C37H42F3N5O5. The van der Waals surface area contributed by atoms with Crippen LogP contribution < -0.4 is 9.64 Å². The van der Waals surface area contributed by atoms with Gasteiger partial charge in [-0.05, 0) is 70.4 Å². The van der Waals surface area contributed by atoms with Crippen molar-refractivity contribution in [3.8, 4) is 16.9 Å². The monoisotopic (exact) mass is 693 g/mol. The summed E-state index contributed by atoms with van der Waals surface area (Å²) in [5.41, 5.74) is -0.197. The van der Waals surface area contributed by atoms with Gasteiger partial charge in [-0.3, -0.25) is 9.78 Å². The van der Waals surface area contributed by atoms with Crippen molar-refractivity contribution in [1.29, 1.82) is 0 Å². The number of fused-ring (bicyclic) bond motifs is 4. The number of aromatic nitrogens is 1. The van der Waals surface area contributed by atoms with Crippen molar-refractivity contribution in [2.45, 2.75) is 78.3 Å². The number of carbonyl (C=O) groups is 2. The maximum absolute atomic E-state index is 17.5. The van der Waals surface area contributed by atoms with E-state index in [1.807, 2.05) is 13.8 Å². The van der Waals surface area contributed by atoms with Gasteiger partial charge in [-0.25, -0.2) is 18.0 Å². The molecule has 10 nitrogen and oxygen atoms in total. The van der Waals surface area contributed by atoms with E-state index in [2.05, 4.69) is 4.98 Å². The maximum atomic E-state index is 17.5. The van der Waals surface area contributed by atoms with Crippen LogP contribution in [0.4, 0.5) is 29.3 Å². The lowest BCUT2D eigenvalue weighted by Crippen LogP contribution is -2.66.